The second-order valence-electron chi connectivity index (χ2n) is 5.25. The maximum atomic E-state index is 6.00. The van der Waals surface area contributed by atoms with Crippen molar-refractivity contribution >= 4 is 23.0 Å². The van der Waals surface area contributed by atoms with Gasteiger partial charge in [0.25, 0.3) is 0 Å². The minimum Gasteiger partial charge on any atom is -0.397 e. The Morgan fingerprint density at radius 1 is 1.29 bits per heavy atom. The van der Waals surface area contributed by atoms with Crippen molar-refractivity contribution in [2.45, 2.75) is 39.2 Å². The lowest BCUT2D eigenvalue weighted by Crippen LogP contribution is -2.35. The molecule has 0 aromatic heterocycles. The van der Waals surface area contributed by atoms with Crippen molar-refractivity contribution in [3.63, 3.8) is 0 Å². The van der Waals surface area contributed by atoms with E-state index in [-0.39, 0.29) is 0 Å². The van der Waals surface area contributed by atoms with Gasteiger partial charge in [-0.05, 0) is 36.5 Å². The molecule has 3 N–H and O–H groups in total. The van der Waals surface area contributed by atoms with Crippen LogP contribution in [0.1, 0.15) is 33.1 Å². The van der Waals surface area contributed by atoms with Crippen molar-refractivity contribution < 1.29 is 0 Å². The van der Waals surface area contributed by atoms with E-state index in [1.807, 2.05) is 18.2 Å². The molecule has 1 aliphatic carbocycles. The first-order valence-corrected chi connectivity index (χ1v) is 6.77. The first-order chi connectivity index (χ1) is 8.08. The van der Waals surface area contributed by atoms with Crippen LogP contribution in [0.2, 0.25) is 5.02 Å². The largest absolute Gasteiger partial charge is 0.397 e. The molecule has 1 aromatic carbocycles. The second-order valence-corrected chi connectivity index (χ2v) is 5.69. The molecule has 0 heterocycles. The summed E-state index contributed by atoms with van der Waals surface area (Å²) in [5, 5.41) is 4.30. The number of hydrogen-bond acceptors (Lipinski definition) is 2. The molecule has 1 aliphatic rings. The summed E-state index contributed by atoms with van der Waals surface area (Å²) in [6.07, 6.45) is 3.85. The van der Waals surface area contributed by atoms with Crippen molar-refractivity contribution in [2.24, 2.45) is 11.8 Å². The number of halogens is 1. The van der Waals surface area contributed by atoms with Crippen LogP contribution in [-0.4, -0.2) is 6.04 Å². The van der Waals surface area contributed by atoms with E-state index in [1.54, 1.807) is 0 Å². The molecule has 1 aromatic rings. The maximum Gasteiger partial charge on any atom is 0.0591 e. The summed E-state index contributed by atoms with van der Waals surface area (Å²) in [5.41, 5.74) is 7.72. The van der Waals surface area contributed by atoms with Crippen LogP contribution in [0.15, 0.2) is 18.2 Å². The highest BCUT2D eigenvalue weighted by Gasteiger charge is 2.27. The van der Waals surface area contributed by atoms with E-state index < -0.39 is 0 Å². The highest BCUT2D eigenvalue weighted by Crippen LogP contribution is 2.33. The fraction of sp³-hybridized carbons (Fsp3) is 0.571. The van der Waals surface area contributed by atoms with Gasteiger partial charge in [0.2, 0.25) is 0 Å². The van der Waals surface area contributed by atoms with Crippen LogP contribution in [0.4, 0.5) is 11.4 Å². The van der Waals surface area contributed by atoms with Crippen molar-refractivity contribution in [3.05, 3.63) is 23.2 Å². The molecule has 0 amide bonds. The molecule has 0 bridgehead atoms. The van der Waals surface area contributed by atoms with Crippen LogP contribution in [0.5, 0.6) is 0 Å². The molecule has 2 nitrogen and oxygen atoms in total. The van der Waals surface area contributed by atoms with Gasteiger partial charge in [0.15, 0.2) is 0 Å². The number of hydrogen-bond donors (Lipinski definition) is 2. The Bertz CT molecular complexity index is 392. The maximum absolute atomic E-state index is 6.00. The van der Waals surface area contributed by atoms with E-state index in [1.165, 1.54) is 19.3 Å². The normalized spacial score (nSPS) is 29.0. The summed E-state index contributed by atoms with van der Waals surface area (Å²) in [7, 11) is 0. The summed E-state index contributed by atoms with van der Waals surface area (Å²) in [4.78, 5) is 0. The second kappa shape index (κ2) is 5.18. The molecule has 0 saturated heterocycles. The molecule has 0 aliphatic heterocycles. The smallest absolute Gasteiger partial charge is 0.0591 e. The van der Waals surface area contributed by atoms with Gasteiger partial charge in [-0.1, -0.05) is 38.3 Å². The van der Waals surface area contributed by atoms with Gasteiger partial charge < -0.3 is 11.1 Å². The number of nitrogen functional groups attached to an aromatic ring is 1. The summed E-state index contributed by atoms with van der Waals surface area (Å²) >= 11 is 6.00. The number of rotatable bonds is 2. The van der Waals surface area contributed by atoms with Crippen LogP contribution in [0, 0.1) is 11.8 Å². The zero-order chi connectivity index (χ0) is 12.4. The zero-order valence-electron chi connectivity index (χ0n) is 10.5. The molecule has 1 saturated carbocycles. The Morgan fingerprint density at radius 2 is 2.06 bits per heavy atom. The average Bonchev–Trinajstić information content (AvgIpc) is 2.30. The first-order valence-electron chi connectivity index (χ1n) is 6.39. The van der Waals surface area contributed by atoms with E-state index in [2.05, 4.69) is 19.2 Å². The topological polar surface area (TPSA) is 38.0 Å². The van der Waals surface area contributed by atoms with Crippen molar-refractivity contribution in [2.75, 3.05) is 11.1 Å². The number of anilines is 2. The Balaban J connectivity index is 2.11. The quantitative estimate of drug-likeness (QED) is 0.776. The Kier molecular flexibility index (Phi) is 3.82. The Labute approximate surface area is 109 Å². The molecule has 3 heteroatoms. The van der Waals surface area contributed by atoms with Gasteiger partial charge in [0, 0.05) is 11.1 Å². The van der Waals surface area contributed by atoms with Crippen LogP contribution in [0.3, 0.4) is 0 Å². The van der Waals surface area contributed by atoms with Crippen molar-refractivity contribution in [1.29, 1.82) is 0 Å². The predicted molar refractivity (Wildman–Crippen MR) is 75.5 cm³/mol. The molecule has 0 radical (unpaired) electrons. The lowest BCUT2D eigenvalue weighted by Gasteiger charge is -2.35. The third kappa shape index (κ3) is 2.86. The lowest BCUT2D eigenvalue weighted by molar-refractivity contribution is 0.253. The summed E-state index contributed by atoms with van der Waals surface area (Å²) in [6.45, 7) is 4.65. The van der Waals surface area contributed by atoms with Crippen molar-refractivity contribution in [3.8, 4) is 0 Å². The molecular formula is C14H21ClN2. The van der Waals surface area contributed by atoms with Crippen LogP contribution < -0.4 is 11.1 Å². The van der Waals surface area contributed by atoms with Gasteiger partial charge >= 0.3 is 0 Å². The van der Waals surface area contributed by atoms with Gasteiger partial charge in [0.1, 0.15) is 0 Å². The molecule has 17 heavy (non-hydrogen) atoms. The monoisotopic (exact) mass is 252 g/mol. The highest BCUT2D eigenvalue weighted by atomic mass is 35.5. The van der Waals surface area contributed by atoms with Gasteiger partial charge in [-0.15, -0.1) is 0 Å². The van der Waals surface area contributed by atoms with Gasteiger partial charge in [-0.2, -0.15) is 0 Å². The highest BCUT2D eigenvalue weighted by molar-refractivity contribution is 6.31. The third-order valence-electron chi connectivity index (χ3n) is 4.06. The molecule has 94 valence electrons. The minimum absolute atomic E-state index is 0.513. The van der Waals surface area contributed by atoms with Crippen LogP contribution in [0.25, 0.3) is 0 Å². The van der Waals surface area contributed by atoms with Crippen LogP contribution in [-0.2, 0) is 0 Å². The zero-order valence-corrected chi connectivity index (χ0v) is 11.3. The average molecular weight is 253 g/mol. The molecule has 3 atom stereocenters. The van der Waals surface area contributed by atoms with Crippen LogP contribution >= 0.6 is 11.6 Å². The Hall–Kier alpha value is -0.890. The minimum atomic E-state index is 0.513. The van der Waals surface area contributed by atoms with E-state index in [9.17, 15) is 0 Å². The summed E-state index contributed by atoms with van der Waals surface area (Å²) in [5.74, 6) is 1.46. The van der Waals surface area contributed by atoms with Crippen molar-refractivity contribution in [1.82, 2.24) is 0 Å². The van der Waals surface area contributed by atoms with E-state index in [4.69, 9.17) is 17.3 Å². The summed E-state index contributed by atoms with van der Waals surface area (Å²) < 4.78 is 0. The first kappa shape index (κ1) is 12.6. The molecular weight excluding hydrogens is 232 g/mol. The van der Waals surface area contributed by atoms with E-state index in [0.717, 1.165) is 22.3 Å². The summed E-state index contributed by atoms with van der Waals surface area (Å²) in [6, 6.07) is 6.12. The lowest BCUT2D eigenvalue weighted by atomic mass is 9.78. The van der Waals surface area contributed by atoms with Gasteiger partial charge in [0.05, 0.1) is 11.4 Å². The molecule has 1 fully saturated rings. The van der Waals surface area contributed by atoms with Gasteiger partial charge in [-0.25, -0.2) is 0 Å². The fourth-order valence-corrected chi connectivity index (χ4v) is 2.81. The van der Waals surface area contributed by atoms with E-state index >= 15 is 0 Å². The number of benzene rings is 1. The predicted octanol–water partition coefficient (Wildman–Crippen LogP) is 4.16. The van der Waals surface area contributed by atoms with E-state index in [0.29, 0.717) is 12.0 Å². The number of nitrogens with one attached hydrogen (secondary N) is 1. The standard InChI is InChI=1S/C14H21ClN2/c1-9-4-3-5-13(10(9)2)17-14-8-11(15)6-7-12(14)16/h6-10,13,17H,3-5,16H2,1-2H3. The third-order valence-corrected chi connectivity index (χ3v) is 4.30. The molecule has 2 rings (SSSR count). The molecule has 3 unspecified atom stereocenters. The SMILES string of the molecule is CC1CCCC(Nc2cc(Cl)ccc2N)C1C. The van der Waals surface area contributed by atoms with Gasteiger partial charge in [-0.3, -0.25) is 0 Å². The Morgan fingerprint density at radius 3 is 2.82 bits per heavy atom. The molecule has 0 spiro atoms. The number of nitrogens with two attached hydrogens (primary N) is 1. The fourth-order valence-electron chi connectivity index (χ4n) is 2.64.